The van der Waals surface area contributed by atoms with Crippen LogP contribution in [-0.2, 0) is 4.74 Å². The Hall–Kier alpha value is -0.120. The fourth-order valence-corrected chi connectivity index (χ4v) is 2.17. The number of hydrogen-bond donors (Lipinski definition) is 1. The molecule has 0 amide bonds. The molecule has 0 aromatic heterocycles. The van der Waals surface area contributed by atoms with E-state index in [1.807, 2.05) is 32.8 Å². The van der Waals surface area contributed by atoms with Crippen LogP contribution in [0.3, 0.4) is 0 Å². The van der Waals surface area contributed by atoms with Gasteiger partial charge >= 0.3 is 0 Å². The van der Waals surface area contributed by atoms with Crippen LogP contribution >= 0.6 is 0 Å². The van der Waals surface area contributed by atoms with Gasteiger partial charge in [-0.15, -0.1) is 0 Å². The fraction of sp³-hybridized carbons (Fsp3) is 1.00. The van der Waals surface area contributed by atoms with E-state index in [0.29, 0.717) is 6.61 Å². The molecule has 72 valence electrons. The molecule has 2 unspecified atom stereocenters. The molecule has 1 aliphatic heterocycles. The summed E-state index contributed by atoms with van der Waals surface area (Å²) < 4.78 is 5.49. The molecule has 1 aliphatic rings. The van der Waals surface area contributed by atoms with Gasteiger partial charge in [0.25, 0.3) is 0 Å². The van der Waals surface area contributed by atoms with Crippen molar-refractivity contribution in [1.82, 2.24) is 4.90 Å². The summed E-state index contributed by atoms with van der Waals surface area (Å²) in [6.45, 7) is 4.56. The van der Waals surface area contributed by atoms with Crippen molar-refractivity contribution in [3.05, 3.63) is 0 Å². The molecule has 1 N–H and O–H groups in total. The van der Waals surface area contributed by atoms with Crippen molar-refractivity contribution in [2.24, 2.45) is 0 Å². The third-order valence-corrected chi connectivity index (χ3v) is 2.63. The van der Waals surface area contributed by atoms with Gasteiger partial charge in [0.05, 0.1) is 17.7 Å². The first-order valence-corrected chi connectivity index (χ1v) is 4.45. The van der Waals surface area contributed by atoms with Gasteiger partial charge in [-0.25, -0.2) is 0 Å². The number of rotatable bonds is 1. The molecule has 0 bridgehead atoms. The highest BCUT2D eigenvalue weighted by Crippen LogP contribution is 2.27. The van der Waals surface area contributed by atoms with Gasteiger partial charge < -0.3 is 14.7 Å². The van der Waals surface area contributed by atoms with Crippen LogP contribution in [-0.4, -0.2) is 48.5 Å². The molecule has 1 fully saturated rings. The summed E-state index contributed by atoms with van der Waals surface area (Å²) in [6, 6.07) is 0.103. The van der Waals surface area contributed by atoms with E-state index in [1.54, 1.807) is 0 Å². The van der Waals surface area contributed by atoms with Crippen LogP contribution in [0.5, 0.6) is 0 Å². The molecule has 0 saturated carbocycles. The van der Waals surface area contributed by atoms with Crippen molar-refractivity contribution in [3.8, 4) is 0 Å². The second kappa shape index (κ2) is 3.32. The molecule has 1 saturated heterocycles. The van der Waals surface area contributed by atoms with Crippen LogP contribution in [0.4, 0.5) is 0 Å². The predicted molar refractivity (Wildman–Crippen MR) is 48.1 cm³/mol. The average molecular weight is 173 g/mol. The van der Waals surface area contributed by atoms with E-state index in [4.69, 9.17) is 4.74 Å². The summed E-state index contributed by atoms with van der Waals surface area (Å²) >= 11 is 0. The zero-order chi connectivity index (χ0) is 9.35. The molecule has 0 aromatic carbocycles. The van der Waals surface area contributed by atoms with Crippen molar-refractivity contribution in [3.63, 3.8) is 0 Å². The van der Waals surface area contributed by atoms with E-state index >= 15 is 0 Å². The zero-order valence-electron chi connectivity index (χ0n) is 8.37. The van der Waals surface area contributed by atoms with Crippen LogP contribution in [0.2, 0.25) is 0 Å². The lowest BCUT2D eigenvalue weighted by Crippen LogP contribution is -2.58. The molecule has 3 nitrogen and oxygen atoms in total. The maximum atomic E-state index is 10.1. The van der Waals surface area contributed by atoms with Crippen LogP contribution < -0.4 is 0 Å². The van der Waals surface area contributed by atoms with E-state index in [1.165, 1.54) is 0 Å². The van der Waals surface area contributed by atoms with Crippen molar-refractivity contribution in [2.75, 3.05) is 20.7 Å². The summed E-state index contributed by atoms with van der Waals surface area (Å²) in [5, 5.41) is 10.1. The normalized spacial score (nSPS) is 43.5. The van der Waals surface area contributed by atoms with Crippen LogP contribution in [0.1, 0.15) is 20.3 Å². The molecule has 12 heavy (non-hydrogen) atoms. The summed E-state index contributed by atoms with van der Waals surface area (Å²) in [5.74, 6) is 0. The van der Waals surface area contributed by atoms with Crippen LogP contribution in [0, 0.1) is 0 Å². The second-order valence-corrected chi connectivity index (χ2v) is 4.09. The highest BCUT2D eigenvalue weighted by Gasteiger charge is 2.40. The highest BCUT2D eigenvalue weighted by atomic mass is 16.5. The van der Waals surface area contributed by atoms with Crippen molar-refractivity contribution >= 4 is 0 Å². The van der Waals surface area contributed by atoms with Gasteiger partial charge in [0, 0.05) is 13.0 Å². The van der Waals surface area contributed by atoms with Gasteiger partial charge in [-0.3, -0.25) is 0 Å². The van der Waals surface area contributed by atoms with Gasteiger partial charge in [-0.05, 0) is 27.9 Å². The predicted octanol–water partition coefficient (Wildman–Crippen LogP) is 0.476. The molecule has 3 atom stereocenters. The van der Waals surface area contributed by atoms with E-state index in [2.05, 4.69) is 0 Å². The molecular formula is C9H19NO2. The van der Waals surface area contributed by atoms with Crippen molar-refractivity contribution < 1.29 is 9.84 Å². The molecule has 0 radical (unpaired) electrons. The molecule has 1 rings (SSSR count). The average Bonchev–Trinajstić information content (AvgIpc) is 1.82. The van der Waals surface area contributed by atoms with Gasteiger partial charge in [0.15, 0.2) is 0 Å². The first-order chi connectivity index (χ1) is 5.45. The standard InChI is InChI=1S/C9H19NO2/c1-7-8(10(3)4)9(2,11)5-6-12-7/h7-8,11H,5-6H2,1-4H3/t7?,8?,9-/m0/s1. The third-order valence-electron chi connectivity index (χ3n) is 2.63. The minimum Gasteiger partial charge on any atom is -0.388 e. The minimum absolute atomic E-state index is 0.103. The maximum absolute atomic E-state index is 10.1. The summed E-state index contributed by atoms with van der Waals surface area (Å²) in [5.41, 5.74) is -0.610. The lowest BCUT2D eigenvalue weighted by Gasteiger charge is -2.44. The molecule has 3 heteroatoms. The van der Waals surface area contributed by atoms with E-state index in [9.17, 15) is 5.11 Å². The lowest BCUT2D eigenvalue weighted by atomic mass is 9.86. The third kappa shape index (κ3) is 1.79. The zero-order valence-corrected chi connectivity index (χ0v) is 8.37. The Morgan fingerprint density at radius 2 is 2.08 bits per heavy atom. The number of likely N-dealkylation sites (N-methyl/N-ethyl adjacent to an activating group) is 1. The number of aliphatic hydroxyl groups is 1. The number of hydrogen-bond acceptors (Lipinski definition) is 3. The van der Waals surface area contributed by atoms with Gasteiger partial charge in [-0.2, -0.15) is 0 Å². The van der Waals surface area contributed by atoms with Gasteiger partial charge in [0.2, 0.25) is 0 Å². The quantitative estimate of drug-likeness (QED) is 0.626. The Bertz CT molecular complexity index is 157. The summed E-state index contributed by atoms with van der Waals surface area (Å²) in [6.07, 6.45) is 0.837. The monoisotopic (exact) mass is 173 g/mol. The second-order valence-electron chi connectivity index (χ2n) is 4.09. The fourth-order valence-electron chi connectivity index (χ4n) is 2.17. The summed E-state index contributed by atoms with van der Waals surface area (Å²) in [4.78, 5) is 2.03. The van der Waals surface area contributed by atoms with Crippen LogP contribution in [0.15, 0.2) is 0 Å². The highest BCUT2D eigenvalue weighted by molar-refractivity contribution is 4.94. The molecule has 0 aliphatic carbocycles. The van der Waals surface area contributed by atoms with E-state index in [-0.39, 0.29) is 12.1 Å². The Morgan fingerprint density at radius 1 is 1.50 bits per heavy atom. The van der Waals surface area contributed by atoms with Crippen molar-refractivity contribution in [2.45, 2.75) is 38.0 Å². The van der Waals surface area contributed by atoms with Crippen LogP contribution in [0.25, 0.3) is 0 Å². The number of ether oxygens (including phenoxy) is 1. The van der Waals surface area contributed by atoms with Crippen molar-refractivity contribution in [1.29, 1.82) is 0 Å². The first-order valence-electron chi connectivity index (χ1n) is 4.45. The smallest absolute Gasteiger partial charge is 0.0821 e. The van der Waals surface area contributed by atoms with E-state index < -0.39 is 5.60 Å². The topological polar surface area (TPSA) is 32.7 Å². The van der Waals surface area contributed by atoms with E-state index in [0.717, 1.165) is 6.42 Å². The first kappa shape index (κ1) is 9.96. The SMILES string of the molecule is CC1OCC[C@](C)(O)C1N(C)C. The Morgan fingerprint density at radius 3 is 2.42 bits per heavy atom. The van der Waals surface area contributed by atoms with Gasteiger partial charge in [-0.1, -0.05) is 0 Å². The Kier molecular flexibility index (Phi) is 2.76. The molecular weight excluding hydrogens is 154 g/mol. The molecule has 0 spiro atoms. The minimum atomic E-state index is -0.610. The molecule has 1 heterocycles. The Balaban J connectivity index is 2.74. The lowest BCUT2D eigenvalue weighted by molar-refractivity contribution is -0.142. The number of nitrogens with zero attached hydrogens (tertiary/aromatic N) is 1. The maximum Gasteiger partial charge on any atom is 0.0821 e. The Labute approximate surface area is 74.3 Å². The van der Waals surface area contributed by atoms with Gasteiger partial charge in [0.1, 0.15) is 0 Å². The summed E-state index contributed by atoms with van der Waals surface area (Å²) in [7, 11) is 3.95. The largest absolute Gasteiger partial charge is 0.388 e. The molecule has 0 aromatic rings.